The first-order valence-electron chi connectivity index (χ1n) is 7.99. The van der Waals surface area contributed by atoms with E-state index in [1.807, 2.05) is 34.6 Å². The molecule has 0 amide bonds. The fraction of sp³-hybridized carbons (Fsp3) is 0.765. The molecule has 23 heavy (non-hydrogen) atoms. The van der Waals surface area contributed by atoms with E-state index in [1.54, 1.807) is 6.07 Å². The van der Waals surface area contributed by atoms with Crippen LogP contribution in [-0.4, -0.2) is 29.9 Å². The largest absolute Gasteiger partial charge is 0.361 e. The second-order valence-corrected chi connectivity index (χ2v) is 10.7. The van der Waals surface area contributed by atoms with Crippen molar-refractivity contribution in [2.45, 2.75) is 71.5 Å². The van der Waals surface area contributed by atoms with Crippen molar-refractivity contribution in [3.63, 3.8) is 0 Å². The molecule has 0 spiro atoms. The van der Waals surface area contributed by atoms with Crippen molar-refractivity contribution in [2.75, 3.05) is 5.75 Å². The molecule has 1 heterocycles. The lowest BCUT2D eigenvalue weighted by atomic mass is 9.92. The number of carbonyl (C=O) groups excluding carboxylic acids is 1. The summed E-state index contributed by atoms with van der Waals surface area (Å²) in [6, 6.07) is 1.73. The topological polar surface area (TPSA) is 77.2 Å². The third-order valence-electron chi connectivity index (χ3n) is 4.05. The Morgan fingerprint density at radius 3 is 2.22 bits per heavy atom. The zero-order valence-corrected chi connectivity index (χ0v) is 16.1. The highest BCUT2D eigenvalue weighted by molar-refractivity contribution is 7.93. The second kappa shape index (κ2) is 6.75. The molecule has 0 aliphatic rings. The molecule has 1 aromatic rings. The molecule has 0 N–H and O–H groups in total. The monoisotopic (exact) mass is 343 g/mol. The number of carbonyl (C=O) groups is 1. The van der Waals surface area contributed by atoms with Gasteiger partial charge in [0.05, 0.1) is 17.9 Å². The highest BCUT2D eigenvalue weighted by atomic mass is 32.2. The van der Waals surface area contributed by atoms with Gasteiger partial charge in [-0.25, -0.2) is 8.42 Å². The van der Waals surface area contributed by atoms with Gasteiger partial charge in [0.25, 0.3) is 0 Å². The molecule has 6 heteroatoms. The van der Waals surface area contributed by atoms with Gasteiger partial charge in [-0.1, -0.05) is 39.8 Å². The number of hydrogen-bond acceptors (Lipinski definition) is 5. The Kier molecular flexibility index (Phi) is 5.83. The highest BCUT2D eigenvalue weighted by Crippen LogP contribution is 2.25. The van der Waals surface area contributed by atoms with Crippen LogP contribution in [0.15, 0.2) is 10.6 Å². The molecule has 0 radical (unpaired) electrons. The van der Waals surface area contributed by atoms with Crippen LogP contribution in [0.5, 0.6) is 0 Å². The molecule has 1 rings (SSSR count). The lowest BCUT2D eigenvalue weighted by molar-refractivity contribution is -0.120. The van der Waals surface area contributed by atoms with Gasteiger partial charge in [0, 0.05) is 11.5 Å². The van der Waals surface area contributed by atoms with Crippen LogP contribution in [0.2, 0.25) is 0 Å². The molecule has 0 aliphatic heterocycles. The number of nitrogens with zero attached hydrogens (tertiary/aromatic N) is 1. The predicted octanol–water partition coefficient (Wildman–Crippen LogP) is 3.32. The van der Waals surface area contributed by atoms with Crippen molar-refractivity contribution >= 4 is 15.6 Å². The Hall–Kier alpha value is -1.17. The number of aromatic nitrogens is 1. The summed E-state index contributed by atoms with van der Waals surface area (Å²) in [6.45, 7) is 12.9. The van der Waals surface area contributed by atoms with Crippen LogP contribution in [-0.2, 0) is 26.5 Å². The molecule has 0 aromatic carbocycles. The van der Waals surface area contributed by atoms with Crippen molar-refractivity contribution < 1.29 is 17.7 Å². The Morgan fingerprint density at radius 1 is 1.22 bits per heavy atom. The van der Waals surface area contributed by atoms with Crippen molar-refractivity contribution in [1.82, 2.24) is 5.16 Å². The Bertz CT molecular complexity index is 648. The summed E-state index contributed by atoms with van der Waals surface area (Å²) in [5, 5.41) is 3.90. The lowest BCUT2D eigenvalue weighted by Gasteiger charge is -2.23. The van der Waals surface area contributed by atoms with E-state index in [-0.39, 0.29) is 29.3 Å². The van der Waals surface area contributed by atoms with E-state index >= 15 is 0 Å². The van der Waals surface area contributed by atoms with Gasteiger partial charge in [0.15, 0.2) is 15.6 Å². The Labute approximate surface area is 139 Å². The first kappa shape index (κ1) is 19.9. The van der Waals surface area contributed by atoms with Crippen molar-refractivity contribution in [3.8, 4) is 0 Å². The van der Waals surface area contributed by atoms with Crippen LogP contribution in [0.1, 0.15) is 66.3 Å². The first-order valence-corrected chi connectivity index (χ1v) is 9.64. The molecule has 0 atom stereocenters. The summed E-state index contributed by atoms with van der Waals surface area (Å²) in [4.78, 5) is 12.5. The molecule has 0 aliphatic carbocycles. The third-order valence-corrected chi connectivity index (χ3v) is 6.61. The van der Waals surface area contributed by atoms with Gasteiger partial charge in [0.1, 0.15) is 10.5 Å². The molecule has 0 saturated carbocycles. The third kappa shape index (κ3) is 4.90. The highest BCUT2D eigenvalue weighted by Gasteiger charge is 2.41. The first-order chi connectivity index (χ1) is 10.3. The minimum Gasteiger partial charge on any atom is -0.361 e. The average molecular weight is 343 g/mol. The summed E-state index contributed by atoms with van der Waals surface area (Å²) in [6.07, 6.45) is 0.519. The normalized spacial score (nSPS) is 13.6. The SMILES string of the molecule is CC(C)CCS(=O)(=O)C(C)(C)C(=O)Cc1cc(C(C)(C)C)on1. The molecular formula is C17H29NO4S. The van der Waals surface area contributed by atoms with Gasteiger partial charge in [-0.05, 0) is 26.2 Å². The van der Waals surface area contributed by atoms with E-state index in [0.29, 0.717) is 17.9 Å². The van der Waals surface area contributed by atoms with E-state index in [4.69, 9.17) is 4.52 Å². The molecule has 0 unspecified atom stereocenters. The van der Waals surface area contributed by atoms with Gasteiger partial charge in [-0.15, -0.1) is 0 Å². The molecule has 5 nitrogen and oxygen atoms in total. The summed E-state index contributed by atoms with van der Waals surface area (Å²) >= 11 is 0. The van der Waals surface area contributed by atoms with Gasteiger partial charge in [-0.3, -0.25) is 4.79 Å². The number of rotatable bonds is 7. The minimum absolute atomic E-state index is 0.0233. The van der Waals surface area contributed by atoms with Crippen molar-refractivity contribution in [3.05, 3.63) is 17.5 Å². The number of hydrogen-bond donors (Lipinski definition) is 0. The summed E-state index contributed by atoms with van der Waals surface area (Å²) in [5.41, 5.74) is 0.278. The smallest absolute Gasteiger partial charge is 0.162 e. The number of Topliss-reactive ketones (excluding diaryl/α,β-unsaturated/α-hetero) is 1. The van der Waals surface area contributed by atoms with Crippen LogP contribution in [0.25, 0.3) is 0 Å². The average Bonchev–Trinajstić information content (AvgIpc) is 2.84. The molecule has 0 saturated heterocycles. The van der Waals surface area contributed by atoms with Crippen molar-refractivity contribution in [2.24, 2.45) is 5.92 Å². The van der Waals surface area contributed by atoms with Crippen LogP contribution in [0.4, 0.5) is 0 Å². The van der Waals surface area contributed by atoms with E-state index in [9.17, 15) is 13.2 Å². The van der Waals surface area contributed by atoms with E-state index < -0.39 is 14.6 Å². The standard InChI is InChI=1S/C17H29NO4S/c1-12(2)8-9-23(20,21)17(6,7)14(19)10-13-11-15(22-18-13)16(3,4)5/h11-12H,8-10H2,1-7H3. The van der Waals surface area contributed by atoms with Crippen molar-refractivity contribution in [1.29, 1.82) is 0 Å². The Balaban J connectivity index is 2.89. The van der Waals surface area contributed by atoms with E-state index in [2.05, 4.69) is 5.16 Å². The molecule has 132 valence electrons. The maximum Gasteiger partial charge on any atom is 0.162 e. The maximum absolute atomic E-state index is 12.5. The molecule has 0 bridgehead atoms. The maximum atomic E-state index is 12.5. The van der Waals surface area contributed by atoms with Gasteiger partial charge in [-0.2, -0.15) is 0 Å². The van der Waals surface area contributed by atoms with E-state index in [1.165, 1.54) is 13.8 Å². The predicted molar refractivity (Wildman–Crippen MR) is 91.2 cm³/mol. The van der Waals surface area contributed by atoms with Gasteiger partial charge >= 0.3 is 0 Å². The van der Waals surface area contributed by atoms with Crippen LogP contribution >= 0.6 is 0 Å². The fourth-order valence-corrected chi connectivity index (χ4v) is 3.66. The number of ketones is 1. The molecular weight excluding hydrogens is 314 g/mol. The van der Waals surface area contributed by atoms with Crippen LogP contribution < -0.4 is 0 Å². The molecule has 0 fully saturated rings. The van der Waals surface area contributed by atoms with Gasteiger partial charge in [0.2, 0.25) is 0 Å². The Morgan fingerprint density at radius 2 is 1.78 bits per heavy atom. The zero-order chi connectivity index (χ0) is 18.1. The second-order valence-electron chi connectivity index (χ2n) is 8.04. The fourth-order valence-electron chi connectivity index (χ4n) is 1.95. The van der Waals surface area contributed by atoms with Crippen LogP contribution in [0.3, 0.4) is 0 Å². The lowest BCUT2D eigenvalue weighted by Crippen LogP contribution is -2.43. The summed E-state index contributed by atoms with van der Waals surface area (Å²) < 4.78 is 28.8. The quantitative estimate of drug-likeness (QED) is 0.759. The molecule has 1 aromatic heterocycles. The summed E-state index contributed by atoms with van der Waals surface area (Å²) in [5.74, 6) is 0.631. The minimum atomic E-state index is -3.50. The number of sulfone groups is 1. The summed E-state index contributed by atoms with van der Waals surface area (Å²) in [7, 11) is -3.50. The van der Waals surface area contributed by atoms with Crippen LogP contribution in [0, 0.1) is 5.92 Å². The van der Waals surface area contributed by atoms with Gasteiger partial charge < -0.3 is 4.52 Å². The zero-order valence-electron chi connectivity index (χ0n) is 15.3. The van der Waals surface area contributed by atoms with E-state index in [0.717, 1.165) is 0 Å².